The van der Waals surface area contributed by atoms with E-state index in [1.807, 2.05) is 6.07 Å². The minimum Gasteiger partial charge on any atom is -0.332 e. The van der Waals surface area contributed by atoms with Gasteiger partial charge in [-0.1, -0.05) is 0 Å². The van der Waals surface area contributed by atoms with Crippen LogP contribution in [-0.2, 0) is 0 Å². The highest BCUT2D eigenvalue weighted by Crippen LogP contribution is 2.35. The molecule has 1 atom stereocenters. The quantitative estimate of drug-likeness (QED) is 0.790. The number of aromatic nitrogens is 5. The van der Waals surface area contributed by atoms with Gasteiger partial charge in [0.25, 0.3) is 0 Å². The Balaban J connectivity index is 1.54. The highest BCUT2D eigenvalue weighted by molar-refractivity contribution is 7.13. The molecule has 7 nitrogen and oxygen atoms in total. The van der Waals surface area contributed by atoms with Gasteiger partial charge in [-0.15, -0.1) is 11.3 Å². The van der Waals surface area contributed by atoms with Crippen molar-refractivity contribution in [3.8, 4) is 0 Å². The van der Waals surface area contributed by atoms with Crippen molar-refractivity contribution in [3.63, 3.8) is 0 Å². The van der Waals surface area contributed by atoms with E-state index in [4.69, 9.17) is 4.98 Å². The maximum absolute atomic E-state index is 4.69. The van der Waals surface area contributed by atoms with Gasteiger partial charge in [0, 0.05) is 36.7 Å². The SMILES string of the molecule is c1cnc(Nc2nc(C3CCCN3c3ncccn3)cs2)nc1. The van der Waals surface area contributed by atoms with Gasteiger partial charge in [0.1, 0.15) is 0 Å². The summed E-state index contributed by atoms with van der Waals surface area (Å²) in [6.45, 7) is 0.955. The van der Waals surface area contributed by atoms with Crippen LogP contribution in [0.1, 0.15) is 24.6 Å². The van der Waals surface area contributed by atoms with Crippen LogP contribution in [0.25, 0.3) is 0 Å². The second-order valence-corrected chi connectivity index (χ2v) is 6.03. The normalized spacial score (nSPS) is 17.4. The Kier molecular flexibility index (Phi) is 3.81. The highest BCUT2D eigenvalue weighted by Gasteiger charge is 2.29. The smallest absolute Gasteiger partial charge is 0.228 e. The van der Waals surface area contributed by atoms with Crippen LogP contribution in [0.15, 0.2) is 42.3 Å². The molecule has 0 aromatic carbocycles. The second-order valence-electron chi connectivity index (χ2n) is 5.18. The maximum atomic E-state index is 4.69. The average Bonchev–Trinajstić information content (AvgIpc) is 3.25. The van der Waals surface area contributed by atoms with Crippen molar-refractivity contribution in [2.24, 2.45) is 0 Å². The zero-order chi connectivity index (χ0) is 15.5. The van der Waals surface area contributed by atoms with E-state index in [-0.39, 0.29) is 6.04 Å². The van der Waals surface area contributed by atoms with Gasteiger partial charge in [-0.05, 0) is 25.0 Å². The molecule has 1 N–H and O–H groups in total. The Morgan fingerprint density at radius 2 is 1.78 bits per heavy atom. The van der Waals surface area contributed by atoms with Crippen molar-refractivity contribution in [1.82, 2.24) is 24.9 Å². The van der Waals surface area contributed by atoms with Crippen molar-refractivity contribution >= 4 is 28.4 Å². The molecule has 8 heteroatoms. The van der Waals surface area contributed by atoms with Crippen LogP contribution in [0.3, 0.4) is 0 Å². The summed E-state index contributed by atoms with van der Waals surface area (Å²) in [5.74, 6) is 1.33. The largest absolute Gasteiger partial charge is 0.332 e. The molecule has 1 aliphatic heterocycles. The lowest BCUT2D eigenvalue weighted by molar-refractivity contribution is 0.685. The third-order valence-electron chi connectivity index (χ3n) is 3.71. The molecule has 23 heavy (non-hydrogen) atoms. The standard InChI is InChI=1S/C15H15N7S/c1-4-12(22(9-1)14-18-7-3-8-19-14)11-10-23-15(20-11)21-13-16-5-2-6-17-13/h2-3,5-8,10,12H,1,4,9H2,(H,16,17,20,21). The number of rotatable bonds is 4. The topological polar surface area (TPSA) is 79.7 Å². The molecule has 0 radical (unpaired) electrons. The van der Waals surface area contributed by atoms with Crippen molar-refractivity contribution in [2.45, 2.75) is 18.9 Å². The van der Waals surface area contributed by atoms with Gasteiger partial charge in [0.15, 0.2) is 5.13 Å². The van der Waals surface area contributed by atoms with Crippen LogP contribution >= 0.6 is 11.3 Å². The fraction of sp³-hybridized carbons (Fsp3) is 0.267. The molecule has 116 valence electrons. The molecule has 1 fully saturated rings. The molecule has 4 heterocycles. The van der Waals surface area contributed by atoms with Crippen LogP contribution in [-0.4, -0.2) is 31.5 Å². The second kappa shape index (κ2) is 6.25. The predicted octanol–water partition coefficient (Wildman–Crippen LogP) is 2.81. The molecular weight excluding hydrogens is 310 g/mol. The van der Waals surface area contributed by atoms with Crippen LogP contribution in [0.4, 0.5) is 17.0 Å². The first-order valence-corrected chi connectivity index (χ1v) is 8.31. The zero-order valence-electron chi connectivity index (χ0n) is 12.3. The minimum atomic E-state index is 0.223. The Morgan fingerprint density at radius 3 is 2.57 bits per heavy atom. The summed E-state index contributed by atoms with van der Waals surface area (Å²) in [6, 6.07) is 3.84. The Labute approximate surface area is 137 Å². The summed E-state index contributed by atoms with van der Waals surface area (Å²) in [7, 11) is 0. The van der Waals surface area contributed by atoms with E-state index < -0.39 is 0 Å². The summed E-state index contributed by atoms with van der Waals surface area (Å²) in [6.07, 6.45) is 9.13. The Hall–Kier alpha value is -2.61. The van der Waals surface area contributed by atoms with E-state index in [1.54, 1.807) is 42.2 Å². The van der Waals surface area contributed by atoms with Gasteiger partial charge in [-0.3, -0.25) is 0 Å². The van der Waals surface area contributed by atoms with Crippen LogP contribution < -0.4 is 10.2 Å². The van der Waals surface area contributed by atoms with Crippen molar-refractivity contribution < 1.29 is 0 Å². The summed E-state index contributed by atoms with van der Waals surface area (Å²) in [5, 5.41) is 6.02. The third kappa shape index (κ3) is 2.98. The minimum absolute atomic E-state index is 0.223. The fourth-order valence-electron chi connectivity index (χ4n) is 2.71. The molecule has 1 unspecified atom stereocenters. The molecule has 3 aromatic rings. The predicted molar refractivity (Wildman–Crippen MR) is 88.8 cm³/mol. The number of hydrogen-bond donors (Lipinski definition) is 1. The molecule has 1 saturated heterocycles. The molecule has 0 bridgehead atoms. The van der Waals surface area contributed by atoms with E-state index in [9.17, 15) is 0 Å². The molecule has 1 aliphatic rings. The van der Waals surface area contributed by atoms with Gasteiger partial charge < -0.3 is 10.2 Å². The fourth-order valence-corrected chi connectivity index (χ4v) is 3.46. The molecule has 0 aliphatic carbocycles. The summed E-state index contributed by atoms with van der Waals surface area (Å²) < 4.78 is 0. The number of nitrogens with zero attached hydrogens (tertiary/aromatic N) is 6. The van der Waals surface area contributed by atoms with Crippen molar-refractivity contribution in [2.75, 3.05) is 16.8 Å². The summed E-state index contributed by atoms with van der Waals surface area (Å²) >= 11 is 1.56. The number of nitrogens with one attached hydrogen (secondary N) is 1. The van der Waals surface area contributed by atoms with Crippen LogP contribution in [0.2, 0.25) is 0 Å². The molecule has 4 rings (SSSR count). The number of thiazole rings is 1. The van der Waals surface area contributed by atoms with E-state index in [0.717, 1.165) is 36.2 Å². The van der Waals surface area contributed by atoms with Crippen LogP contribution in [0, 0.1) is 0 Å². The summed E-state index contributed by atoms with van der Waals surface area (Å²) in [5.41, 5.74) is 1.04. The monoisotopic (exact) mass is 325 g/mol. The lowest BCUT2D eigenvalue weighted by Gasteiger charge is -2.22. The van der Waals surface area contributed by atoms with E-state index in [1.165, 1.54) is 0 Å². The van der Waals surface area contributed by atoms with Gasteiger partial charge in [0.2, 0.25) is 11.9 Å². The third-order valence-corrected chi connectivity index (χ3v) is 4.49. The van der Waals surface area contributed by atoms with Crippen LogP contribution in [0.5, 0.6) is 0 Å². The van der Waals surface area contributed by atoms with E-state index in [0.29, 0.717) is 5.95 Å². The average molecular weight is 325 g/mol. The maximum Gasteiger partial charge on any atom is 0.228 e. The van der Waals surface area contributed by atoms with Gasteiger partial charge in [-0.25, -0.2) is 24.9 Å². The number of hydrogen-bond acceptors (Lipinski definition) is 8. The van der Waals surface area contributed by atoms with Gasteiger partial charge in [-0.2, -0.15) is 0 Å². The van der Waals surface area contributed by atoms with Crippen molar-refractivity contribution in [3.05, 3.63) is 48.0 Å². The first-order valence-electron chi connectivity index (χ1n) is 7.43. The van der Waals surface area contributed by atoms with Crippen molar-refractivity contribution in [1.29, 1.82) is 0 Å². The molecule has 0 amide bonds. The molecule has 3 aromatic heterocycles. The Morgan fingerprint density at radius 1 is 1.04 bits per heavy atom. The van der Waals surface area contributed by atoms with Gasteiger partial charge in [0.05, 0.1) is 11.7 Å². The Bertz CT molecular complexity index is 762. The first-order chi connectivity index (χ1) is 11.4. The van der Waals surface area contributed by atoms with E-state index >= 15 is 0 Å². The molecule has 0 spiro atoms. The highest BCUT2D eigenvalue weighted by atomic mass is 32.1. The summed E-state index contributed by atoms with van der Waals surface area (Å²) in [4.78, 5) is 24.0. The van der Waals surface area contributed by atoms with Gasteiger partial charge >= 0.3 is 0 Å². The zero-order valence-corrected chi connectivity index (χ0v) is 13.1. The molecule has 0 saturated carbocycles. The van der Waals surface area contributed by atoms with E-state index in [2.05, 4.69) is 35.5 Å². The lowest BCUT2D eigenvalue weighted by atomic mass is 10.2. The number of anilines is 3. The first kappa shape index (κ1) is 14.0. The lowest BCUT2D eigenvalue weighted by Crippen LogP contribution is -2.24. The molecular formula is C15H15N7S.